The van der Waals surface area contributed by atoms with Crippen molar-refractivity contribution < 1.29 is 30.3 Å². The summed E-state index contributed by atoms with van der Waals surface area (Å²) in [5.41, 5.74) is 0. The zero-order valence-corrected chi connectivity index (χ0v) is 15.1. The van der Waals surface area contributed by atoms with E-state index < -0.39 is 25.1 Å². The van der Waals surface area contributed by atoms with Crippen LogP contribution in [0.15, 0.2) is 70.5 Å². The molecule has 0 fully saturated rings. The zero-order valence-electron chi connectivity index (χ0n) is 13.5. The molecule has 0 aromatic heterocycles. The van der Waals surface area contributed by atoms with E-state index in [1.807, 2.05) is 0 Å². The van der Waals surface area contributed by atoms with Crippen LogP contribution in [0.4, 0.5) is 0 Å². The third-order valence-electron chi connectivity index (χ3n) is 3.65. The number of methoxy groups -OCH3 is 1. The van der Waals surface area contributed by atoms with Gasteiger partial charge in [0.25, 0.3) is 10.1 Å². The van der Waals surface area contributed by atoms with Gasteiger partial charge in [0.2, 0.25) is 0 Å². The minimum atomic E-state index is -4.46. The van der Waals surface area contributed by atoms with Crippen LogP contribution in [0.1, 0.15) is 0 Å². The number of benzene rings is 3. The van der Waals surface area contributed by atoms with Crippen LogP contribution in [-0.2, 0) is 20.2 Å². The summed E-state index contributed by atoms with van der Waals surface area (Å²) < 4.78 is 67.1. The van der Waals surface area contributed by atoms with Gasteiger partial charge in [-0.05, 0) is 23.6 Å². The van der Waals surface area contributed by atoms with Crippen LogP contribution in [0.2, 0.25) is 0 Å². The highest BCUT2D eigenvalue weighted by atomic mass is 32.2. The monoisotopic (exact) mass is 394 g/mol. The standard InChI is InChI=1S/C17H14O7S2/c1-23-16-11-13(25(18,19)20)9-10-15(16)24-26(21,22)17-8-4-6-12-5-2-3-7-14(12)17/h2-11H,1H3,(H,18,19,20). The quantitative estimate of drug-likeness (QED) is 0.524. The highest BCUT2D eigenvalue weighted by Gasteiger charge is 2.23. The molecule has 0 bridgehead atoms. The molecule has 3 aromatic carbocycles. The molecule has 0 aliphatic rings. The molecule has 0 amide bonds. The van der Waals surface area contributed by atoms with Gasteiger partial charge >= 0.3 is 10.1 Å². The molecule has 0 heterocycles. The molecule has 26 heavy (non-hydrogen) atoms. The Morgan fingerprint density at radius 3 is 2.23 bits per heavy atom. The van der Waals surface area contributed by atoms with Crippen molar-refractivity contribution in [3.8, 4) is 11.5 Å². The van der Waals surface area contributed by atoms with Crippen molar-refractivity contribution in [3.05, 3.63) is 60.7 Å². The average molecular weight is 394 g/mol. The summed E-state index contributed by atoms with van der Waals surface area (Å²) in [4.78, 5) is -0.472. The van der Waals surface area contributed by atoms with E-state index >= 15 is 0 Å². The summed E-state index contributed by atoms with van der Waals surface area (Å²) in [6.07, 6.45) is 0. The number of hydrogen-bond acceptors (Lipinski definition) is 6. The van der Waals surface area contributed by atoms with Crippen molar-refractivity contribution in [2.24, 2.45) is 0 Å². The smallest absolute Gasteiger partial charge is 0.339 e. The Hall–Kier alpha value is -2.62. The van der Waals surface area contributed by atoms with Crippen molar-refractivity contribution in [2.45, 2.75) is 9.79 Å². The largest absolute Gasteiger partial charge is 0.493 e. The third kappa shape index (κ3) is 3.50. The van der Waals surface area contributed by atoms with Gasteiger partial charge in [-0.2, -0.15) is 16.8 Å². The van der Waals surface area contributed by atoms with E-state index in [-0.39, 0.29) is 16.4 Å². The minimum absolute atomic E-state index is 0.0310. The van der Waals surface area contributed by atoms with E-state index in [2.05, 4.69) is 0 Å². The van der Waals surface area contributed by atoms with Crippen LogP contribution >= 0.6 is 0 Å². The predicted molar refractivity (Wildman–Crippen MR) is 94.6 cm³/mol. The second-order valence-electron chi connectivity index (χ2n) is 5.30. The number of ether oxygens (including phenoxy) is 1. The highest BCUT2D eigenvalue weighted by Crippen LogP contribution is 2.33. The van der Waals surface area contributed by atoms with Gasteiger partial charge in [-0.3, -0.25) is 4.55 Å². The minimum Gasteiger partial charge on any atom is -0.493 e. The molecule has 0 unspecified atom stereocenters. The molecule has 0 saturated carbocycles. The van der Waals surface area contributed by atoms with E-state index in [0.717, 1.165) is 23.6 Å². The maximum absolute atomic E-state index is 12.7. The Bertz CT molecular complexity index is 1180. The van der Waals surface area contributed by atoms with Gasteiger partial charge in [0.15, 0.2) is 11.5 Å². The van der Waals surface area contributed by atoms with Gasteiger partial charge in [-0.25, -0.2) is 0 Å². The first-order valence-electron chi connectivity index (χ1n) is 7.30. The number of fused-ring (bicyclic) bond motifs is 1. The second kappa shape index (κ2) is 6.60. The van der Waals surface area contributed by atoms with Crippen LogP contribution in [0.5, 0.6) is 11.5 Å². The normalized spacial score (nSPS) is 12.1. The Kier molecular flexibility index (Phi) is 4.61. The summed E-state index contributed by atoms with van der Waals surface area (Å²) in [6, 6.07) is 14.8. The summed E-state index contributed by atoms with van der Waals surface area (Å²) in [7, 11) is -7.45. The average Bonchev–Trinajstić information content (AvgIpc) is 2.60. The van der Waals surface area contributed by atoms with Gasteiger partial charge in [-0.15, -0.1) is 0 Å². The molecular formula is C17H14O7S2. The molecule has 136 valence electrons. The van der Waals surface area contributed by atoms with E-state index in [0.29, 0.717) is 5.39 Å². The second-order valence-corrected chi connectivity index (χ2v) is 8.24. The highest BCUT2D eigenvalue weighted by molar-refractivity contribution is 7.87. The molecule has 7 nitrogen and oxygen atoms in total. The molecule has 3 rings (SSSR count). The lowest BCUT2D eigenvalue weighted by atomic mass is 10.1. The summed E-state index contributed by atoms with van der Waals surface area (Å²) in [6.45, 7) is 0. The fraction of sp³-hybridized carbons (Fsp3) is 0.0588. The molecule has 9 heteroatoms. The predicted octanol–water partition coefficient (Wildman–Crippen LogP) is 2.86. The lowest BCUT2D eigenvalue weighted by Crippen LogP contribution is -2.11. The van der Waals surface area contributed by atoms with Gasteiger partial charge < -0.3 is 8.92 Å². The van der Waals surface area contributed by atoms with E-state index in [9.17, 15) is 16.8 Å². The summed E-state index contributed by atoms with van der Waals surface area (Å²) >= 11 is 0. The fourth-order valence-corrected chi connectivity index (χ4v) is 4.11. The number of hydrogen-bond donors (Lipinski definition) is 1. The first kappa shape index (κ1) is 18.2. The Morgan fingerprint density at radius 2 is 1.54 bits per heavy atom. The van der Waals surface area contributed by atoms with Gasteiger partial charge in [0.1, 0.15) is 4.90 Å². The van der Waals surface area contributed by atoms with E-state index in [1.165, 1.54) is 13.2 Å². The van der Waals surface area contributed by atoms with Crippen LogP contribution in [-0.4, -0.2) is 28.5 Å². The molecule has 0 saturated heterocycles. The van der Waals surface area contributed by atoms with Crippen molar-refractivity contribution in [1.82, 2.24) is 0 Å². The van der Waals surface area contributed by atoms with E-state index in [4.69, 9.17) is 13.5 Å². The molecular weight excluding hydrogens is 380 g/mol. The van der Waals surface area contributed by atoms with E-state index in [1.54, 1.807) is 36.4 Å². The molecule has 0 aliphatic heterocycles. The topological polar surface area (TPSA) is 107 Å². The summed E-state index contributed by atoms with van der Waals surface area (Å²) in [5.74, 6) is -0.350. The van der Waals surface area contributed by atoms with Crippen molar-refractivity contribution >= 4 is 31.0 Å². The zero-order chi connectivity index (χ0) is 18.9. The van der Waals surface area contributed by atoms with Crippen molar-refractivity contribution in [2.75, 3.05) is 7.11 Å². The van der Waals surface area contributed by atoms with Crippen molar-refractivity contribution in [1.29, 1.82) is 0 Å². The number of rotatable bonds is 5. The molecule has 0 aliphatic carbocycles. The Morgan fingerprint density at radius 1 is 0.846 bits per heavy atom. The Labute approximate surface area is 150 Å². The lowest BCUT2D eigenvalue weighted by Gasteiger charge is -2.12. The van der Waals surface area contributed by atoms with Gasteiger partial charge in [-0.1, -0.05) is 36.4 Å². The van der Waals surface area contributed by atoms with Crippen LogP contribution in [0.3, 0.4) is 0 Å². The van der Waals surface area contributed by atoms with Gasteiger partial charge in [0, 0.05) is 11.5 Å². The first-order chi connectivity index (χ1) is 12.2. The third-order valence-corrected chi connectivity index (χ3v) is 5.79. The van der Waals surface area contributed by atoms with Gasteiger partial charge in [0.05, 0.1) is 12.0 Å². The van der Waals surface area contributed by atoms with Crippen LogP contribution in [0.25, 0.3) is 10.8 Å². The Balaban J connectivity index is 2.07. The molecule has 3 aromatic rings. The molecule has 1 N–H and O–H groups in total. The van der Waals surface area contributed by atoms with Crippen molar-refractivity contribution in [3.63, 3.8) is 0 Å². The molecule has 0 radical (unpaired) electrons. The summed E-state index contributed by atoms with van der Waals surface area (Å²) in [5, 5.41) is 1.22. The molecule has 0 atom stereocenters. The van der Waals surface area contributed by atoms with Crippen LogP contribution < -0.4 is 8.92 Å². The first-order valence-corrected chi connectivity index (χ1v) is 10.1. The maximum atomic E-state index is 12.7. The maximum Gasteiger partial charge on any atom is 0.339 e. The molecule has 0 spiro atoms. The van der Waals surface area contributed by atoms with Crippen LogP contribution in [0, 0.1) is 0 Å². The SMILES string of the molecule is COc1cc(S(=O)(=O)O)ccc1OS(=O)(=O)c1cccc2ccccc12. The fourth-order valence-electron chi connectivity index (χ4n) is 2.45. The lowest BCUT2D eigenvalue weighted by molar-refractivity contribution is 0.389.